The molecule has 2 rings (SSSR count). The summed E-state index contributed by atoms with van der Waals surface area (Å²) < 4.78 is 11.1. The molecular formula is C15H21NO3. The Morgan fingerprint density at radius 2 is 1.95 bits per heavy atom. The molecule has 4 nitrogen and oxygen atoms in total. The van der Waals surface area contributed by atoms with E-state index >= 15 is 0 Å². The lowest BCUT2D eigenvalue weighted by atomic mass is 10.1. The van der Waals surface area contributed by atoms with Crippen LogP contribution >= 0.6 is 0 Å². The van der Waals surface area contributed by atoms with Crippen LogP contribution in [-0.4, -0.2) is 44.0 Å². The highest BCUT2D eigenvalue weighted by Crippen LogP contribution is 2.27. The first-order valence-electron chi connectivity index (χ1n) is 6.70. The number of aryl methyl sites for hydroxylation is 1. The Balaban J connectivity index is 1.81. The fraction of sp³-hybridized carbons (Fsp3) is 0.533. The summed E-state index contributed by atoms with van der Waals surface area (Å²) in [6.07, 6.45) is 1.35. The zero-order valence-corrected chi connectivity index (χ0v) is 11.6. The maximum Gasteiger partial charge on any atom is 0.161 e. The number of hydrogen-bond donors (Lipinski definition) is 0. The Bertz CT molecular complexity index is 435. The van der Waals surface area contributed by atoms with Gasteiger partial charge in [-0.15, -0.1) is 0 Å². The fourth-order valence-corrected chi connectivity index (χ4v) is 2.20. The standard InChI is InChI=1S/C15H21NO3/c1-12-3-4-14(15(11-12)18-2)19-10-9-16-7-5-13(17)6-8-16/h3-4,11H,5-10H2,1-2H3. The van der Waals surface area contributed by atoms with E-state index in [-0.39, 0.29) is 0 Å². The van der Waals surface area contributed by atoms with Crippen LogP contribution in [0, 0.1) is 6.92 Å². The van der Waals surface area contributed by atoms with E-state index in [0.29, 0.717) is 25.2 Å². The van der Waals surface area contributed by atoms with Crippen LogP contribution < -0.4 is 9.47 Å². The van der Waals surface area contributed by atoms with Crippen molar-refractivity contribution in [2.45, 2.75) is 19.8 Å². The number of piperidine rings is 1. The van der Waals surface area contributed by atoms with Crippen molar-refractivity contribution in [1.82, 2.24) is 4.90 Å². The Morgan fingerprint density at radius 1 is 1.21 bits per heavy atom. The summed E-state index contributed by atoms with van der Waals surface area (Å²) >= 11 is 0. The van der Waals surface area contributed by atoms with Gasteiger partial charge in [0.15, 0.2) is 11.5 Å². The number of nitrogens with zero attached hydrogens (tertiary/aromatic N) is 1. The number of ketones is 1. The van der Waals surface area contributed by atoms with Crippen molar-refractivity contribution in [3.8, 4) is 11.5 Å². The van der Waals surface area contributed by atoms with Crippen molar-refractivity contribution in [2.75, 3.05) is 33.4 Å². The first-order chi connectivity index (χ1) is 9.19. The predicted molar refractivity (Wildman–Crippen MR) is 73.9 cm³/mol. The molecule has 0 unspecified atom stereocenters. The Kier molecular flexibility index (Phi) is 4.80. The van der Waals surface area contributed by atoms with Gasteiger partial charge in [0.25, 0.3) is 0 Å². The highest BCUT2D eigenvalue weighted by molar-refractivity contribution is 5.79. The first-order valence-corrected chi connectivity index (χ1v) is 6.70. The van der Waals surface area contributed by atoms with Crippen molar-refractivity contribution in [1.29, 1.82) is 0 Å². The Morgan fingerprint density at radius 3 is 2.63 bits per heavy atom. The lowest BCUT2D eigenvalue weighted by Crippen LogP contribution is -2.36. The van der Waals surface area contributed by atoms with E-state index in [9.17, 15) is 4.79 Å². The number of Topliss-reactive ketones (excluding diaryl/α,β-unsaturated/α-hetero) is 1. The highest BCUT2D eigenvalue weighted by atomic mass is 16.5. The van der Waals surface area contributed by atoms with E-state index in [1.165, 1.54) is 0 Å². The molecule has 1 aliphatic heterocycles. The number of carbonyl (C=O) groups is 1. The number of hydrogen-bond acceptors (Lipinski definition) is 4. The quantitative estimate of drug-likeness (QED) is 0.815. The molecule has 0 atom stereocenters. The average molecular weight is 263 g/mol. The zero-order chi connectivity index (χ0) is 13.7. The van der Waals surface area contributed by atoms with E-state index in [1.54, 1.807) is 7.11 Å². The molecule has 0 saturated carbocycles. The molecule has 1 aromatic rings. The molecule has 0 aliphatic carbocycles. The largest absolute Gasteiger partial charge is 0.493 e. The molecule has 0 N–H and O–H groups in total. The van der Waals surface area contributed by atoms with Crippen LogP contribution in [0.2, 0.25) is 0 Å². The second-order valence-corrected chi connectivity index (χ2v) is 4.88. The third kappa shape index (κ3) is 3.96. The van der Waals surface area contributed by atoms with Crippen molar-refractivity contribution in [2.24, 2.45) is 0 Å². The van der Waals surface area contributed by atoms with Crippen LogP contribution in [-0.2, 0) is 4.79 Å². The molecule has 0 amide bonds. The molecule has 1 fully saturated rings. The van der Waals surface area contributed by atoms with Gasteiger partial charge in [0.1, 0.15) is 12.4 Å². The molecule has 19 heavy (non-hydrogen) atoms. The minimum absolute atomic E-state index is 0.373. The predicted octanol–water partition coefficient (Wildman–Crippen LogP) is 2.05. The molecule has 0 radical (unpaired) electrons. The van der Waals surface area contributed by atoms with Gasteiger partial charge in [-0.05, 0) is 24.6 Å². The van der Waals surface area contributed by atoms with Gasteiger partial charge in [0, 0.05) is 32.5 Å². The topological polar surface area (TPSA) is 38.8 Å². The zero-order valence-electron chi connectivity index (χ0n) is 11.6. The van der Waals surface area contributed by atoms with Gasteiger partial charge < -0.3 is 9.47 Å². The third-order valence-electron chi connectivity index (χ3n) is 3.40. The molecule has 1 aliphatic rings. The van der Waals surface area contributed by atoms with Gasteiger partial charge >= 0.3 is 0 Å². The van der Waals surface area contributed by atoms with E-state index in [1.807, 2.05) is 25.1 Å². The average Bonchev–Trinajstić information content (AvgIpc) is 2.42. The summed E-state index contributed by atoms with van der Waals surface area (Å²) in [5.74, 6) is 1.92. The van der Waals surface area contributed by atoms with Crippen LogP contribution in [0.25, 0.3) is 0 Å². The lowest BCUT2D eigenvalue weighted by molar-refractivity contribution is -0.121. The van der Waals surface area contributed by atoms with Crippen LogP contribution in [0.15, 0.2) is 18.2 Å². The molecule has 4 heteroatoms. The summed E-state index contributed by atoms with van der Waals surface area (Å²) in [5.41, 5.74) is 1.15. The third-order valence-corrected chi connectivity index (χ3v) is 3.40. The monoisotopic (exact) mass is 263 g/mol. The molecule has 0 bridgehead atoms. The maximum atomic E-state index is 11.1. The van der Waals surface area contributed by atoms with E-state index < -0.39 is 0 Å². The van der Waals surface area contributed by atoms with Crippen LogP contribution in [0.5, 0.6) is 11.5 Å². The molecule has 1 aromatic carbocycles. The van der Waals surface area contributed by atoms with Crippen molar-refractivity contribution < 1.29 is 14.3 Å². The maximum absolute atomic E-state index is 11.1. The van der Waals surface area contributed by atoms with Crippen LogP contribution in [0.1, 0.15) is 18.4 Å². The summed E-state index contributed by atoms with van der Waals surface area (Å²) in [6.45, 7) is 5.20. The molecule has 0 aromatic heterocycles. The lowest BCUT2D eigenvalue weighted by Gasteiger charge is -2.25. The minimum Gasteiger partial charge on any atom is -0.493 e. The summed E-state index contributed by atoms with van der Waals surface area (Å²) in [4.78, 5) is 13.4. The summed E-state index contributed by atoms with van der Waals surface area (Å²) in [6, 6.07) is 5.92. The molecule has 0 spiro atoms. The Labute approximate surface area is 114 Å². The van der Waals surface area contributed by atoms with E-state index in [2.05, 4.69) is 4.90 Å². The van der Waals surface area contributed by atoms with Gasteiger partial charge in [-0.25, -0.2) is 0 Å². The molecule has 104 valence electrons. The first kappa shape index (κ1) is 13.9. The summed E-state index contributed by atoms with van der Waals surface area (Å²) in [5, 5.41) is 0. The number of rotatable bonds is 5. The SMILES string of the molecule is COc1cc(C)ccc1OCCN1CCC(=O)CC1. The van der Waals surface area contributed by atoms with Crippen molar-refractivity contribution in [3.05, 3.63) is 23.8 Å². The number of benzene rings is 1. The normalized spacial score (nSPS) is 16.4. The summed E-state index contributed by atoms with van der Waals surface area (Å²) in [7, 11) is 1.65. The number of ether oxygens (including phenoxy) is 2. The smallest absolute Gasteiger partial charge is 0.161 e. The van der Waals surface area contributed by atoms with E-state index in [0.717, 1.165) is 36.7 Å². The number of carbonyl (C=O) groups excluding carboxylic acids is 1. The number of likely N-dealkylation sites (tertiary alicyclic amines) is 1. The van der Waals surface area contributed by atoms with Crippen molar-refractivity contribution in [3.63, 3.8) is 0 Å². The highest BCUT2D eigenvalue weighted by Gasteiger charge is 2.15. The van der Waals surface area contributed by atoms with Gasteiger partial charge in [0.2, 0.25) is 0 Å². The van der Waals surface area contributed by atoms with Crippen LogP contribution in [0.4, 0.5) is 0 Å². The fourth-order valence-electron chi connectivity index (χ4n) is 2.20. The van der Waals surface area contributed by atoms with Gasteiger partial charge in [-0.2, -0.15) is 0 Å². The van der Waals surface area contributed by atoms with Gasteiger partial charge in [0.05, 0.1) is 7.11 Å². The van der Waals surface area contributed by atoms with Crippen molar-refractivity contribution >= 4 is 5.78 Å². The van der Waals surface area contributed by atoms with Gasteiger partial charge in [-0.1, -0.05) is 6.07 Å². The molecule has 1 heterocycles. The molecular weight excluding hydrogens is 242 g/mol. The molecule has 1 saturated heterocycles. The number of methoxy groups -OCH3 is 1. The second kappa shape index (κ2) is 6.57. The van der Waals surface area contributed by atoms with Crippen LogP contribution in [0.3, 0.4) is 0 Å². The minimum atomic E-state index is 0.373. The Hall–Kier alpha value is -1.55. The van der Waals surface area contributed by atoms with Gasteiger partial charge in [-0.3, -0.25) is 9.69 Å². The van der Waals surface area contributed by atoms with E-state index in [4.69, 9.17) is 9.47 Å². The second-order valence-electron chi connectivity index (χ2n) is 4.88.